The first-order valence-corrected chi connectivity index (χ1v) is 15.6. The number of benzene rings is 1. The van der Waals surface area contributed by atoms with Crippen LogP contribution in [0.5, 0.6) is 0 Å². The van der Waals surface area contributed by atoms with Gasteiger partial charge in [-0.1, -0.05) is 0 Å². The third-order valence-electron chi connectivity index (χ3n) is 1.42. The molecule has 0 amide bonds. The fraction of sp³-hybridized carbons (Fsp3) is 0.143. The number of hydrogen-bond donors (Lipinski definition) is 0. The third kappa shape index (κ3) is 2.15. The van der Waals surface area contributed by atoms with Crippen molar-refractivity contribution in [3.63, 3.8) is 0 Å². The molecule has 0 spiro atoms. The van der Waals surface area contributed by atoms with Gasteiger partial charge in [0, 0.05) is 0 Å². The molecule has 0 aliphatic carbocycles. The summed E-state index contributed by atoms with van der Waals surface area (Å²) in [5.41, 5.74) is 1.39. The molecule has 0 N–H and O–H groups in total. The van der Waals surface area contributed by atoms with Crippen LogP contribution in [0.4, 0.5) is 0 Å². The van der Waals surface area contributed by atoms with Crippen LogP contribution in [0.1, 0.15) is 5.56 Å². The fourth-order valence-electron chi connectivity index (χ4n) is 0.832. The predicted octanol–water partition coefficient (Wildman–Crippen LogP) is 2.48. The average Bonchev–Trinajstić information content (AvgIpc) is 1.88. The molecule has 1 aromatic rings. The molecule has 3 heteroatoms. The van der Waals surface area contributed by atoms with E-state index < -0.39 is 12.3 Å². The van der Waals surface area contributed by atoms with Crippen molar-refractivity contribution in [1.82, 2.24) is 0 Å². The van der Waals surface area contributed by atoms with Crippen LogP contribution < -0.4 is 4.12 Å². The second-order valence-electron chi connectivity index (χ2n) is 2.16. The van der Waals surface area contributed by atoms with Gasteiger partial charge in [-0.15, -0.1) is 0 Å². The molecule has 0 bridgehead atoms. The quantitative estimate of drug-likeness (QED) is 0.698. The second kappa shape index (κ2) is 4.00. The van der Waals surface area contributed by atoms with Gasteiger partial charge in [0.25, 0.3) is 0 Å². The topological polar surface area (TPSA) is 0 Å². The zero-order valence-corrected chi connectivity index (χ0v) is 11.2. The van der Waals surface area contributed by atoms with Gasteiger partial charge in [-0.25, -0.2) is 0 Å². The van der Waals surface area contributed by atoms with Crippen LogP contribution in [0.15, 0.2) is 24.3 Å². The molecule has 1 aromatic carbocycles. The fourth-order valence-corrected chi connectivity index (χ4v) is 7.63. The van der Waals surface area contributed by atoms with Crippen molar-refractivity contribution in [2.45, 2.75) is 6.92 Å². The second-order valence-corrected chi connectivity index (χ2v) is 20.6. The van der Waals surface area contributed by atoms with Gasteiger partial charge in [0.2, 0.25) is 0 Å². The summed E-state index contributed by atoms with van der Waals surface area (Å²) in [6, 6.07) is 8.49. The van der Waals surface area contributed by atoms with E-state index in [0.717, 1.165) is 0 Å². The van der Waals surface area contributed by atoms with Crippen LogP contribution >= 0.6 is 27.1 Å². The van der Waals surface area contributed by atoms with Crippen LogP contribution in [0, 0.1) is 6.92 Å². The summed E-state index contributed by atoms with van der Waals surface area (Å²) in [6.45, 7) is 2.15. The summed E-state index contributed by atoms with van der Waals surface area (Å²) < 4.78 is 1.48. The van der Waals surface area contributed by atoms with Gasteiger partial charge in [0.15, 0.2) is 0 Å². The zero-order valence-electron chi connectivity index (χ0n) is 5.64. The Balaban J connectivity index is 3.03. The van der Waals surface area contributed by atoms with Crippen LogP contribution in [0.25, 0.3) is 0 Å². The third-order valence-corrected chi connectivity index (χ3v) is 8.90. The normalized spacial score (nSPS) is 9.50. The van der Waals surface area contributed by atoms with E-state index in [4.69, 9.17) is 0 Å². The molecule has 0 unspecified atom stereocenters. The molecule has 0 saturated heterocycles. The molecule has 0 aliphatic rings. The molecule has 0 aromatic heterocycles. The summed E-state index contributed by atoms with van der Waals surface area (Å²) >= 11 is 5.90. The van der Waals surface area contributed by atoms with E-state index in [1.165, 1.54) is 9.68 Å². The van der Waals surface area contributed by atoms with E-state index in [0.29, 0.717) is 0 Å². The SMILES string of the molecule is Cc1cccc[c]1[Ga]([Br])[Br]. The monoisotopic (exact) mass is 318 g/mol. The Morgan fingerprint density at radius 2 is 1.80 bits per heavy atom. The van der Waals surface area contributed by atoms with E-state index >= 15 is 0 Å². The number of aryl methyl sites for hydroxylation is 1. The molecule has 0 atom stereocenters. The van der Waals surface area contributed by atoms with E-state index in [1.54, 1.807) is 0 Å². The molecule has 0 nitrogen and oxygen atoms in total. The van der Waals surface area contributed by atoms with Gasteiger partial charge in [0.1, 0.15) is 0 Å². The standard InChI is InChI=1S/C7H7.2BrH.Ga/c1-7-5-3-2-4-6-7;;;/h2-5H,1H3;2*1H;/q;;;+2/p-2. The number of halogens is 2. The first-order chi connectivity index (χ1) is 4.72. The average molecular weight is 321 g/mol. The number of hydrogen-bond acceptors (Lipinski definition) is 0. The van der Waals surface area contributed by atoms with Crippen LogP contribution in [-0.2, 0) is 0 Å². The Morgan fingerprint density at radius 3 is 2.20 bits per heavy atom. The molecule has 52 valence electrons. The Labute approximate surface area is 79.7 Å². The van der Waals surface area contributed by atoms with Crippen molar-refractivity contribution >= 4 is 43.5 Å². The predicted molar refractivity (Wildman–Crippen MR) is 54.4 cm³/mol. The van der Waals surface area contributed by atoms with E-state index in [9.17, 15) is 0 Å². The minimum atomic E-state index is -1.37. The van der Waals surface area contributed by atoms with Crippen LogP contribution in [0.3, 0.4) is 0 Å². The van der Waals surface area contributed by atoms with Crippen LogP contribution in [0.2, 0.25) is 0 Å². The first-order valence-electron chi connectivity index (χ1n) is 3.05. The molecule has 1 rings (SSSR count). The van der Waals surface area contributed by atoms with Crippen molar-refractivity contribution in [1.29, 1.82) is 0 Å². The Kier molecular flexibility index (Phi) is 3.56. The molecule has 0 heterocycles. The molecular weight excluding hydrogens is 314 g/mol. The molecule has 0 aliphatic heterocycles. The summed E-state index contributed by atoms with van der Waals surface area (Å²) in [5.74, 6) is 0. The van der Waals surface area contributed by atoms with Crippen LogP contribution in [-0.4, -0.2) is 12.3 Å². The van der Waals surface area contributed by atoms with Crippen molar-refractivity contribution in [3.8, 4) is 0 Å². The van der Waals surface area contributed by atoms with Gasteiger partial charge in [0.05, 0.1) is 0 Å². The number of rotatable bonds is 1. The summed E-state index contributed by atoms with van der Waals surface area (Å²) in [4.78, 5) is 0. The van der Waals surface area contributed by atoms with Gasteiger partial charge in [-0.3, -0.25) is 0 Å². The Hall–Kier alpha value is 0.816. The van der Waals surface area contributed by atoms with E-state index in [-0.39, 0.29) is 0 Å². The summed E-state index contributed by atoms with van der Waals surface area (Å²) in [6.07, 6.45) is 0. The Morgan fingerprint density at radius 1 is 1.20 bits per heavy atom. The Bertz CT molecular complexity index is 223. The van der Waals surface area contributed by atoms with Gasteiger partial charge < -0.3 is 0 Å². The van der Waals surface area contributed by atoms with Gasteiger partial charge in [-0.05, 0) is 0 Å². The van der Waals surface area contributed by atoms with E-state index in [2.05, 4.69) is 58.3 Å². The molecule has 0 fully saturated rings. The van der Waals surface area contributed by atoms with Crippen molar-refractivity contribution in [3.05, 3.63) is 29.8 Å². The summed E-state index contributed by atoms with van der Waals surface area (Å²) in [5, 5.41) is 0. The molecule has 10 heavy (non-hydrogen) atoms. The van der Waals surface area contributed by atoms with Crippen molar-refractivity contribution < 1.29 is 0 Å². The zero-order chi connectivity index (χ0) is 7.56. The van der Waals surface area contributed by atoms with E-state index in [1.807, 2.05) is 0 Å². The van der Waals surface area contributed by atoms with Crippen molar-refractivity contribution in [2.75, 3.05) is 0 Å². The minimum absolute atomic E-state index is 1.37. The molecule has 0 radical (unpaired) electrons. The maximum atomic E-state index is 3.64. The van der Waals surface area contributed by atoms with Gasteiger partial charge in [-0.2, -0.15) is 0 Å². The van der Waals surface area contributed by atoms with Crippen molar-refractivity contribution in [2.24, 2.45) is 0 Å². The maximum absolute atomic E-state index is 3.64. The van der Waals surface area contributed by atoms with Gasteiger partial charge >= 0.3 is 80.2 Å². The first kappa shape index (κ1) is 8.91. The molecule has 0 saturated carbocycles. The summed E-state index contributed by atoms with van der Waals surface area (Å²) in [7, 11) is 0. The molecular formula is C7H7Br2Ga.